The minimum Gasteiger partial charge on any atom is -0.352 e. The molecule has 0 aliphatic carbocycles. The molecule has 26 heavy (non-hydrogen) atoms. The van der Waals surface area contributed by atoms with Crippen molar-refractivity contribution in [3.8, 4) is 0 Å². The molecule has 2 aromatic rings. The van der Waals surface area contributed by atoms with Gasteiger partial charge in [0.05, 0.1) is 5.92 Å². The van der Waals surface area contributed by atoms with Crippen molar-refractivity contribution in [3.05, 3.63) is 66.0 Å². The third-order valence-electron chi connectivity index (χ3n) is 4.48. The molecular formula is C20H22FN3O2. The van der Waals surface area contributed by atoms with E-state index in [1.165, 1.54) is 12.1 Å². The monoisotopic (exact) mass is 355 g/mol. The first-order chi connectivity index (χ1) is 12.6. The fourth-order valence-electron chi connectivity index (χ4n) is 3.04. The van der Waals surface area contributed by atoms with Crippen molar-refractivity contribution >= 4 is 17.6 Å². The predicted molar refractivity (Wildman–Crippen MR) is 98.0 cm³/mol. The van der Waals surface area contributed by atoms with Gasteiger partial charge in [0, 0.05) is 25.3 Å². The topological polar surface area (TPSA) is 61.4 Å². The van der Waals surface area contributed by atoms with Gasteiger partial charge in [-0.15, -0.1) is 0 Å². The second-order valence-corrected chi connectivity index (χ2v) is 6.43. The van der Waals surface area contributed by atoms with Gasteiger partial charge in [-0.3, -0.25) is 4.79 Å². The smallest absolute Gasteiger partial charge is 0.321 e. The van der Waals surface area contributed by atoms with Crippen LogP contribution in [0.1, 0.15) is 18.4 Å². The number of nitrogens with zero attached hydrogens (tertiary/aromatic N) is 1. The Labute approximate surface area is 152 Å². The highest BCUT2D eigenvalue weighted by molar-refractivity contribution is 5.90. The fourth-order valence-corrected chi connectivity index (χ4v) is 3.04. The van der Waals surface area contributed by atoms with E-state index in [9.17, 15) is 14.0 Å². The van der Waals surface area contributed by atoms with Gasteiger partial charge in [-0.2, -0.15) is 0 Å². The molecule has 2 N–H and O–H groups in total. The van der Waals surface area contributed by atoms with Gasteiger partial charge >= 0.3 is 6.03 Å². The Bertz CT molecular complexity index is 749. The number of benzene rings is 2. The molecule has 1 saturated heterocycles. The first-order valence-electron chi connectivity index (χ1n) is 8.75. The van der Waals surface area contributed by atoms with Crippen molar-refractivity contribution < 1.29 is 14.0 Å². The summed E-state index contributed by atoms with van der Waals surface area (Å²) in [6.45, 7) is 1.39. The molecule has 0 radical (unpaired) electrons. The average molecular weight is 355 g/mol. The van der Waals surface area contributed by atoms with Gasteiger partial charge < -0.3 is 15.5 Å². The van der Waals surface area contributed by atoms with Crippen LogP contribution in [0.25, 0.3) is 0 Å². The second kappa shape index (κ2) is 8.47. The molecule has 1 heterocycles. The lowest BCUT2D eigenvalue weighted by molar-refractivity contribution is -0.126. The summed E-state index contributed by atoms with van der Waals surface area (Å²) in [6, 6.07) is 15.1. The first-order valence-corrected chi connectivity index (χ1v) is 8.75. The number of anilines is 1. The van der Waals surface area contributed by atoms with E-state index >= 15 is 0 Å². The molecule has 1 aliphatic rings. The lowest BCUT2D eigenvalue weighted by Gasteiger charge is -2.32. The number of hydrogen-bond donors (Lipinski definition) is 2. The van der Waals surface area contributed by atoms with Gasteiger partial charge in [-0.05, 0) is 42.7 Å². The number of carbonyl (C=O) groups excluding carboxylic acids is 2. The zero-order chi connectivity index (χ0) is 18.4. The Morgan fingerprint density at radius 3 is 2.54 bits per heavy atom. The van der Waals surface area contributed by atoms with Gasteiger partial charge in [-0.1, -0.05) is 30.3 Å². The van der Waals surface area contributed by atoms with Crippen LogP contribution in [0.5, 0.6) is 0 Å². The second-order valence-electron chi connectivity index (χ2n) is 6.43. The van der Waals surface area contributed by atoms with Crippen LogP contribution in [0.15, 0.2) is 54.6 Å². The molecule has 3 rings (SSSR count). The maximum atomic E-state index is 12.9. The molecule has 0 unspecified atom stereocenters. The van der Waals surface area contributed by atoms with Crippen molar-refractivity contribution in [2.75, 3.05) is 18.4 Å². The summed E-state index contributed by atoms with van der Waals surface area (Å²) >= 11 is 0. The van der Waals surface area contributed by atoms with Crippen LogP contribution in [0.3, 0.4) is 0 Å². The summed E-state index contributed by atoms with van der Waals surface area (Å²) in [5, 5.41) is 5.73. The van der Waals surface area contributed by atoms with E-state index in [1.54, 1.807) is 17.0 Å². The molecule has 0 bridgehead atoms. The zero-order valence-electron chi connectivity index (χ0n) is 14.5. The number of halogens is 1. The van der Waals surface area contributed by atoms with Crippen molar-refractivity contribution in [3.63, 3.8) is 0 Å². The van der Waals surface area contributed by atoms with E-state index in [0.717, 1.165) is 24.1 Å². The van der Waals surface area contributed by atoms with Gasteiger partial charge in [0.15, 0.2) is 0 Å². The number of rotatable bonds is 4. The van der Waals surface area contributed by atoms with E-state index in [-0.39, 0.29) is 23.7 Å². The number of carbonyl (C=O) groups is 2. The number of urea groups is 1. The molecule has 6 heteroatoms. The van der Waals surface area contributed by atoms with Crippen LogP contribution < -0.4 is 10.6 Å². The van der Waals surface area contributed by atoms with Crippen LogP contribution in [0.4, 0.5) is 14.9 Å². The third-order valence-corrected chi connectivity index (χ3v) is 4.48. The largest absolute Gasteiger partial charge is 0.352 e. The number of likely N-dealkylation sites (tertiary alicyclic amines) is 1. The number of piperidine rings is 1. The van der Waals surface area contributed by atoms with Gasteiger partial charge in [0.2, 0.25) is 5.91 Å². The predicted octanol–water partition coefficient (Wildman–Crippen LogP) is 3.39. The van der Waals surface area contributed by atoms with E-state index in [1.807, 2.05) is 30.3 Å². The summed E-state index contributed by atoms with van der Waals surface area (Å²) in [7, 11) is 0. The lowest BCUT2D eigenvalue weighted by Crippen LogP contribution is -2.46. The molecule has 1 aliphatic heterocycles. The number of hydrogen-bond acceptors (Lipinski definition) is 2. The van der Waals surface area contributed by atoms with Gasteiger partial charge in [0.1, 0.15) is 5.82 Å². The number of amides is 3. The lowest BCUT2D eigenvalue weighted by atomic mass is 9.97. The third kappa shape index (κ3) is 4.81. The molecule has 0 saturated carbocycles. The summed E-state index contributed by atoms with van der Waals surface area (Å²) in [4.78, 5) is 26.5. The minimum absolute atomic E-state index is 0.0773. The van der Waals surface area contributed by atoms with Crippen molar-refractivity contribution in [2.24, 2.45) is 5.92 Å². The van der Waals surface area contributed by atoms with Crippen molar-refractivity contribution in [1.82, 2.24) is 10.2 Å². The van der Waals surface area contributed by atoms with Crippen molar-refractivity contribution in [1.29, 1.82) is 0 Å². The Morgan fingerprint density at radius 1 is 1.08 bits per heavy atom. The van der Waals surface area contributed by atoms with Crippen molar-refractivity contribution in [2.45, 2.75) is 19.4 Å². The Balaban J connectivity index is 1.51. The molecule has 136 valence electrons. The Morgan fingerprint density at radius 2 is 1.81 bits per heavy atom. The maximum absolute atomic E-state index is 12.9. The SMILES string of the molecule is O=C(NCc1ccc(F)cc1)[C@H]1CCCN(C(=O)Nc2ccccc2)C1. The molecular weight excluding hydrogens is 333 g/mol. The first kappa shape index (κ1) is 17.9. The molecule has 1 atom stereocenters. The Hall–Kier alpha value is -2.89. The molecule has 0 aromatic heterocycles. The van der Waals surface area contributed by atoms with Crippen LogP contribution in [-0.4, -0.2) is 29.9 Å². The molecule has 0 spiro atoms. The van der Waals surface area contributed by atoms with Crippen LogP contribution in [0, 0.1) is 11.7 Å². The molecule has 1 fully saturated rings. The van der Waals surface area contributed by atoms with E-state index in [0.29, 0.717) is 19.6 Å². The zero-order valence-corrected chi connectivity index (χ0v) is 14.5. The highest BCUT2D eigenvalue weighted by atomic mass is 19.1. The molecule has 2 aromatic carbocycles. The van der Waals surface area contributed by atoms with Gasteiger partial charge in [0.25, 0.3) is 0 Å². The Kier molecular flexibility index (Phi) is 5.84. The average Bonchev–Trinajstić information content (AvgIpc) is 2.68. The maximum Gasteiger partial charge on any atom is 0.321 e. The summed E-state index contributed by atoms with van der Waals surface area (Å²) < 4.78 is 12.9. The summed E-state index contributed by atoms with van der Waals surface area (Å²) in [5.74, 6) is -0.607. The van der Waals surface area contributed by atoms with E-state index < -0.39 is 0 Å². The van der Waals surface area contributed by atoms with Crippen LogP contribution in [0.2, 0.25) is 0 Å². The van der Waals surface area contributed by atoms with Gasteiger partial charge in [-0.25, -0.2) is 9.18 Å². The highest BCUT2D eigenvalue weighted by Gasteiger charge is 2.28. The minimum atomic E-state index is -0.299. The summed E-state index contributed by atoms with van der Waals surface area (Å²) in [6.07, 6.45) is 1.54. The highest BCUT2D eigenvalue weighted by Crippen LogP contribution is 2.18. The summed E-state index contributed by atoms with van der Waals surface area (Å²) in [5.41, 5.74) is 1.58. The quantitative estimate of drug-likeness (QED) is 0.883. The van der Waals surface area contributed by atoms with Crippen LogP contribution >= 0.6 is 0 Å². The van der Waals surface area contributed by atoms with E-state index in [4.69, 9.17) is 0 Å². The molecule has 3 amide bonds. The standard InChI is InChI=1S/C20H22FN3O2/c21-17-10-8-15(9-11-17)13-22-19(25)16-5-4-12-24(14-16)20(26)23-18-6-2-1-3-7-18/h1-3,6-11,16H,4-5,12-14H2,(H,22,25)(H,23,26)/t16-/m0/s1. The van der Waals surface area contributed by atoms with Crippen LogP contribution in [-0.2, 0) is 11.3 Å². The fraction of sp³-hybridized carbons (Fsp3) is 0.300. The number of para-hydroxylation sites is 1. The normalized spacial score (nSPS) is 16.8. The number of nitrogens with one attached hydrogen (secondary N) is 2. The molecule has 5 nitrogen and oxygen atoms in total. The van der Waals surface area contributed by atoms with E-state index in [2.05, 4.69) is 10.6 Å².